The van der Waals surface area contributed by atoms with Gasteiger partial charge in [-0.2, -0.15) is 4.98 Å². The van der Waals surface area contributed by atoms with Crippen molar-refractivity contribution in [1.29, 1.82) is 0 Å². The smallest absolute Gasteiger partial charge is 0.258 e. The maximum atomic E-state index is 13.5. The van der Waals surface area contributed by atoms with Crippen LogP contribution in [-0.4, -0.2) is 38.1 Å². The van der Waals surface area contributed by atoms with Crippen molar-refractivity contribution in [2.45, 2.75) is 25.3 Å². The molecule has 0 bridgehead atoms. The molecule has 8 heteroatoms. The molecule has 0 radical (unpaired) electrons. The predicted molar refractivity (Wildman–Crippen MR) is 109 cm³/mol. The van der Waals surface area contributed by atoms with Crippen LogP contribution in [0.25, 0.3) is 22.3 Å². The van der Waals surface area contributed by atoms with Crippen molar-refractivity contribution in [2.75, 3.05) is 13.1 Å². The summed E-state index contributed by atoms with van der Waals surface area (Å²) in [4.78, 5) is 26.5. The third-order valence-corrected chi connectivity index (χ3v) is 5.41. The number of likely N-dealkylation sites (tertiary alicyclic amines) is 1. The maximum Gasteiger partial charge on any atom is 0.258 e. The lowest BCUT2D eigenvalue weighted by Gasteiger charge is -2.30. The van der Waals surface area contributed by atoms with Gasteiger partial charge in [0.1, 0.15) is 11.6 Å². The van der Waals surface area contributed by atoms with E-state index in [2.05, 4.69) is 25.0 Å². The molecule has 1 aliphatic rings. The molecule has 0 amide bonds. The topological polar surface area (TPSA) is 87.9 Å². The van der Waals surface area contributed by atoms with E-state index in [1.54, 1.807) is 18.2 Å². The van der Waals surface area contributed by atoms with Crippen LogP contribution in [0.15, 0.2) is 57.8 Å². The maximum absolute atomic E-state index is 13.5. The average Bonchev–Trinajstić information content (AvgIpc) is 3.25. The molecular weight excluding hydrogens is 385 g/mol. The highest BCUT2D eigenvalue weighted by Gasteiger charge is 2.27. The van der Waals surface area contributed by atoms with Crippen LogP contribution in [0.2, 0.25) is 0 Å². The van der Waals surface area contributed by atoms with Gasteiger partial charge in [-0.3, -0.25) is 9.69 Å². The van der Waals surface area contributed by atoms with Crippen molar-refractivity contribution in [1.82, 2.24) is 25.0 Å². The Balaban J connectivity index is 1.33. The summed E-state index contributed by atoms with van der Waals surface area (Å²) in [5.41, 5.74) is 1.16. The van der Waals surface area contributed by atoms with Gasteiger partial charge >= 0.3 is 0 Å². The molecule has 4 aromatic rings. The van der Waals surface area contributed by atoms with E-state index < -0.39 is 0 Å². The Bertz CT molecular complexity index is 1250. The van der Waals surface area contributed by atoms with E-state index in [1.807, 2.05) is 18.2 Å². The number of nitrogens with one attached hydrogen (secondary N) is 1. The molecule has 0 saturated carbocycles. The molecule has 7 nitrogen and oxygen atoms in total. The van der Waals surface area contributed by atoms with Crippen molar-refractivity contribution in [3.63, 3.8) is 0 Å². The van der Waals surface area contributed by atoms with Crippen LogP contribution >= 0.6 is 0 Å². The normalized spacial score (nSPS) is 17.4. The molecule has 1 N–H and O–H groups in total. The molecule has 1 saturated heterocycles. The van der Waals surface area contributed by atoms with E-state index in [4.69, 9.17) is 4.52 Å². The van der Waals surface area contributed by atoms with Gasteiger partial charge in [-0.25, -0.2) is 9.37 Å². The van der Waals surface area contributed by atoms with Crippen molar-refractivity contribution >= 4 is 10.9 Å². The summed E-state index contributed by atoms with van der Waals surface area (Å²) >= 11 is 0. The summed E-state index contributed by atoms with van der Waals surface area (Å²) in [7, 11) is 0. The standard InChI is InChI=1S/C22H20FN5O2/c23-16-7-3-5-14(11-16)20-26-22(30-27-20)15-6-4-10-28(12-15)13-19-24-18-9-2-1-8-17(18)21(29)25-19/h1-3,5,7-9,11,15H,4,6,10,12-13H2,(H,24,25,29). The Morgan fingerprint density at radius 2 is 2.07 bits per heavy atom. The fraction of sp³-hybridized carbons (Fsp3) is 0.273. The molecule has 0 spiro atoms. The number of H-pyrrole nitrogens is 1. The number of fused-ring (bicyclic) bond motifs is 1. The molecule has 2 aromatic heterocycles. The molecular formula is C22H20FN5O2. The number of benzene rings is 2. The minimum absolute atomic E-state index is 0.0840. The Labute approximate surface area is 171 Å². The lowest BCUT2D eigenvalue weighted by Crippen LogP contribution is -2.35. The molecule has 1 aliphatic heterocycles. The highest BCUT2D eigenvalue weighted by molar-refractivity contribution is 5.77. The lowest BCUT2D eigenvalue weighted by molar-refractivity contribution is 0.177. The minimum atomic E-state index is -0.334. The van der Waals surface area contributed by atoms with Crippen molar-refractivity contribution in [3.05, 3.63) is 76.4 Å². The summed E-state index contributed by atoms with van der Waals surface area (Å²) in [5.74, 6) is 1.34. The van der Waals surface area contributed by atoms with E-state index in [1.165, 1.54) is 12.1 Å². The molecule has 3 heterocycles. The van der Waals surface area contributed by atoms with E-state index >= 15 is 0 Å². The first-order valence-electron chi connectivity index (χ1n) is 9.95. The van der Waals surface area contributed by atoms with Crippen molar-refractivity contribution < 1.29 is 8.91 Å². The van der Waals surface area contributed by atoms with Gasteiger partial charge in [-0.05, 0) is 43.7 Å². The number of para-hydroxylation sites is 1. The zero-order valence-corrected chi connectivity index (χ0v) is 16.2. The predicted octanol–water partition coefficient (Wildman–Crippen LogP) is 3.49. The minimum Gasteiger partial charge on any atom is -0.339 e. The van der Waals surface area contributed by atoms with Gasteiger partial charge < -0.3 is 9.51 Å². The molecule has 152 valence electrons. The highest BCUT2D eigenvalue weighted by atomic mass is 19.1. The zero-order valence-electron chi connectivity index (χ0n) is 16.2. The van der Waals surface area contributed by atoms with Gasteiger partial charge in [-0.1, -0.05) is 29.4 Å². The second kappa shape index (κ2) is 7.79. The number of hydrogen-bond donors (Lipinski definition) is 1. The van der Waals surface area contributed by atoms with Gasteiger partial charge in [0, 0.05) is 12.1 Å². The van der Waals surface area contributed by atoms with Gasteiger partial charge in [0.2, 0.25) is 11.7 Å². The van der Waals surface area contributed by atoms with Crippen molar-refractivity contribution in [2.24, 2.45) is 0 Å². The Kier molecular flexibility index (Phi) is 4.84. The average molecular weight is 405 g/mol. The second-order valence-electron chi connectivity index (χ2n) is 7.57. The second-order valence-corrected chi connectivity index (χ2v) is 7.57. The third-order valence-electron chi connectivity index (χ3n) is 5.41. The van der Waals surface area contributed by atoms with Crippen LogP contribution in [0.1, 0.15) is 30.5 Å². The SMILES string of the molecule is O=c1[nH]c(CN2CCCC(c3nc(-c4cccc(F)c4)no3)C2)nc2ccccc12. The van der Waals surface area contributed by atoms with E-state index in [0.717, 1.165) is 25.9 Å². The summed E-state index contributed by atoms with van der Waals surface area (Å²) in [6, 6.07) is 13.5. The first kappa shape index (κ1) is 18.6. The number of aromatic nitrogens is 4. The van der Waals surface area contributed by atoms with Gasteiger partial charge in [0.05, 0.1) is 23.4 Å². The number of rotatable bonds is 4. The summed E-state index contributed by atoms with van der Waals surface area (Å²) in [6.45, 7) is 2.17. The van der Waals surface area contributed by atoms with Gasteiger partial charge in [-0.15, -0.1) is 0 Å². The van der Waals surface area contributed by atoms with Crippen LogP contribution in [0.4, 0.5) is 4.39 Å². The molecule has 0 aliphatic carbocycles. The largest absolute Gasteiger partial charge is 0.339 e. The number of halogens is 1. The van der Waals surface area contributed by atoms with Crippen LogP contribution in [-0.2, 0) is 6.54 Å². The first-order valence-corrected chi connectivity index (χ1v) is 9.95. The fourth-order valence-electron chi connectivity index (χ4n) is 3.97. The fourth-order valence-corrected chi connectivity index (χ4v) is 3.97. The van der Waals surface area contributed by atoms with Crippen LogP contribution < -0.4 is 5.56 Å². The number of piperidine rings is 1. The number of hydrogen-bond acceptors (Lipinski definition) is 6. The summed E-state index contributed by atoms with van der Waals surface area (Å²) in [5, 5.41) is 4.62. The Morgan fingerprint density at radius 3 is 2.97 bits per heavy atom. The highest BCUT2D eigenvalue weighted by Crippen LogP contribution is 2.28. The van der Waals surface area contributed by atoms with Gasteiger partial charge in [0.25, 0.3) is 5.56 Å². The lowest BCUT2D eigenvalue weighted by atomic mass is 9.98. The van der Waals surface area contributed by atoms with Crippen molar-refractivity contribution in [3.8, 4) is 11.4 Å². The Morgan fingerprint density at radius 1 is 1.17 bits per heavy atom. The summed E-state index contributed by atoms with van der Waals surface area (Å²) in [6.07, 6.45) is 1.91. The molecule has 1 atom stereocenters. The number of nitrogens with zero attached hydrogens (tertiary/aromatic N) is 4. The monoisotopic (exact) mass is 405 g/mol. The molecule has 30 heavy (non-hydrogen) atoms. The Hall–Kier alpha value is -3.39. The zero-order chi connectivity index (χ0) is 20.5. The van der Waals surface area contributed by atoms with Crippen LogP contribution in [0.3, 0.4) is 0 Å². The quantitative estimate of drug-likeness (QED) is 0.559. The van der Waals surface area contributed by atoms with Crippen LogP contribution in [0.5, 0.6) is 0 Å². The van der Waals surface area contributed by atoms with E-state index in [0.29, 0.717) is 40.6 Å². The van der Waals surface area contributed by atoms with Gasteiger partial charge in [0.15, 0.2) is 0 Å². The summed E-state index contributed by atoms with van der Waals surface area (Å²) < 4.78 is 19.0. The molecule has 2 aromatic carbocycles. The van der Waals surface area contributed by atoms with E-state index in [9.17, 15) is 9.18 Å². The van der Waals surface area contributed by atoms with E-state index in [-0.39, 0.29) is 17.3 Å². The molecule has 5 rings (SSSR count). The molecule has 1 fully saturated rings. The first-order chi connectivity index (χ1) is 14.7. The third kappa shape index (κ3) is 3.73. The van der Waals surface area contributed by atoms with Crippen LogP contribution in [0, 0.1) is 5.82 Å². The number of aromatic amines is 1. The molecule has 1 unspecified atom stereocenters.